The predicted molar refractivity (Wildman–Crippen MR) is 65.7 cm³/mol. The second-order valence-corrected chi connectivity index (χ2v) is 5.49. The molecule has 0 heterocycles. The maximum Gasteiger partial charge on any atom is 0.123 e. The lowest BCUT2D eigenvalue weighted by Crippen LogP contribution is -2.27. The minimum absolute atomic E-state index is 0.180. The first-order valence-corrected chi connectivity index (χ1v) is 6.11. The van der Waals surface area contributed by atoms with Crippen LogP contribution in [-0.4, -0.2) is 10.9 Å². The molecule has 1 N–H and O–H groups in total. The normalized spacial score (nSPS) is 14.9. The van der Waals surface area contributed by atoms with Gasteiger partial charge in [-0.05, 0) is 31.0 Å². The van der Waals surface area contributed by atoms with E-state index < -0.39 is 0 Å². The molecule has 0 spiro atoms. The molecular formula is C12H17BrFN. The second kappa shape index (κ2) is 6.23. The summed E-state index contributed by atoms with van der Waals surface area (Å²) in [5.41, 5.74) is 1.12. The highest BCUT2D eigenvalue weighted by atomic mass is 79.9. The Bertz CT molecular complexity index is 284. The number of nitrogens with one attached hydrogen (secondary N) is 1. The van der Waals surface area contributed by atoms with Crippen LogP contribution < -0.4 is 5.32 Å². The van der Waals surface area contributed by atoms with Crippen molar-refractivity contribution in [2.75, 3.05) is 0 Å². The molecule has 0 saturated carbocycles. The van der Waals surface area contributed by atoms with E-state index in [0.717, 1.165) is 18.5 Å². The summed E-state index contributed by atoms with van der Waals surface area (Å²) in [6.07, 6.45) is 1.08. The van der Waals surface area contributed by atoms with E-state index in [4.69, 9.17) is 0 Å². The standard InChI is InChI=1S/C12H17BrFN/c1-9(13)7-10(2)15-8-11-3-5-12(14)6-4-11/h3-6,9-10,15H,7-8H2,1-2H3. The van der Waals surface area contributed by atoms with E-state index in [1.807, 2.05) is 12.1 Å². The predicted octanol–water partition coefficient (Wildman–Crippen LogP) is 3.48. The molecular weight excluding hydrogens is 257 g/mol. The quantitative estimate of drug-likeness (QED) is 0.811. The van der Waals surface area contributed by atoms with Gasteiger partial charge in [0.1, 0.15) is 5.82 Å². The van der Waals surface area contributed by atoms with Crippen molar-refractivity contribution in [2.24, 2.45) is 0 Å². The molecule has 1 aromatic rings. The van der Waals surface area contributed by atoms with Crippen LogP contribution >= 0.6 is 15.9 Å². The molecule has 0 aliphatic rings. The van der Waals surface area contributed by atoms with Crippen molar-refractivity contribution in [1.29, 1.82) is 0 Å². The fourth-order valence-electron chi connectivity index (χ4n) is 1.46. The van der Waals surface area contributed by atoms with Gasteiger partial charge in [0.2, 0.25) is 0 Å². The Hall–Kier alpha value is -0.410. The van der Waals surface area contributed by atoms with Crippen molar-refractivity contribution >= 4 is 15.9 Å². The highest BCUT2D eigenvalue weighted by molar-refractivity contribution is 9.09. The topological polar surface area (TPSA) is 12.0 Å². The van der Waals surface area contributed by atoms with E-state index in [1.54, 1.807) is 0 Å². The Morgan fingerprint density at radius 1 is 1.27 bits per heavy atom. The minimum Gasteiger partial charge on any atom is -0.310 e. The number of rotatable bonds is 5. The van der Waals surface area contributed by atoms with Gasteiger partial charge < -0.3 is 5.32 Å². The van der Waals surface area contributed by atoms with Crippen molar-refractivity contribution in [3.05, 3.63) is 35.6 Å². The highest BCUT2D eigenvalue weighted by Crippen LogP contribution is 2.08. The van der Waals surface area contributed by atoms with E-state index in [1.165, 1.54) is 12.1 Å². The van der Waals surface area contributed by atoms with E-state index in [-0.39, 0.29) is 5.82 Å². The zero-order valence-corrected chi connectivity index (χ0v) is 10.7. The molecule has 0 aromatic heterocycles. The Labute approximate surface area is 99.2 Å². The molecule has 1 aromatic carbocycles. The van der Waals surface area contributed by atoms with Gasteiger partial charge in [0.25, 0.3) is 0 Å². The summed E-state index contributed by atoms with van der Waals surface area (Å²) in [6, 6.07) is 7.08. The second-order valence-electron chi connectivity index (χ2n) is 3.92. The Morgan fingerprint density at radius 3 is 2.40 bits per heavy atom. The van der Waals surface area contributed by atoms with E-state index >= 15 is 0 Å². The maximum atomic E-state index is 12.6. The van der Waals surface area contributed by atoms with Crippen molar-refractivity contribution in [2.45, 2.75) is 37.7 Å². The first kappa shape index (κ1) is 12.7. The number of benzene rings is 1. The molecule has 0 radical (unpaired) electrons. The van der Waals surface area contributed by atoms with Gasteiger partial charge in [-0.3, -0.25) is 0 Å². The molecule has 0 fully saturated rings. The van der Waals surface area contributed by atoms with Gasteiger partial charge in [-0.1, -0.05) is 35.0 Å². The monoisotopic (exact) mass is 273 g/mol. The van der Waals surface area contributed by atoms with E-state index in [2.05, 4.69) is 35.1 Å². The SMILES string of the molecule is CC(Br)CC(C)NCc1ccc(F)cc1. The molecule has 0 amide bonds. The maximum absolute atomic E-state index is 12.6. The van der Waals surface area contributed by atoms with Crippen LogP contribution in [-0.2, 0) is 6.54 Å². The lowest BCUT2D eigenvalue weighted by molar-refractivity contribution is 0.515. The molecule has 1 nitrogen and oxygen atoms in total. The third kappa shape index (κ3) is 5.28. The van der Waals surface area contributed by atoms with Gasteiger partial charge in [-0.25, -0.2) is 4.39 Å². The molecule has 0 saturated heterocycles. The summed E-state index contributed by atoms with van der Waals surface area (Å²) in [6.45, 7) is 5.08. The van der Waals surface area contributed by atoms with Crippen LogP contribution in [0.1, 0.15) is 25.8 Å². The summed E-state index contributed by atoms with van der Waals surface area (Å²) in [5.74, 6) is -0.180. The van der Waals surface area contributed by atoms with Crippen LogP contribution in [0.3, 0.4) is 0 Å². The summed E-state index contributed by atoms with van der Waals surface area (Å²) >= 11 is 3.52. The van der Waals surface area contributed by atoms with Gasteiger partial charge in [0.05, 0.1) is 0 Å². The lowest BCUT2D eigenvalue weighted by Gasteiger charge is -2.15. The van der Waals surface area contributed by atoms with Gasteiger partial charge >= 0.3 is 0 Å². The smallest absolute Gasteiger partial charge is 0.123 e. The van der Waals surface area contributed by atoms with E-state index in [9.17, 15) is 4.39 Å². The Balaban J connectivity index is 2.33. The first-order valence-electron chi connectivity index (χ1n) is 5.20. The molecule has 2 atom stereocenters. The van der Waals surface area contributed by atoms with Crippen LogP contribution in [0.5, 0.6) is 0 Å². The number of halogens is 2. The van der Waals surface area contributed by atoms with Crippen molar-refractivity contribution in [3.8, 4) is 0 Å². The number of hydrogen-bond acceptors (Lipinski definition) is 1. The molecule has 2 unspecified atom stereocenters. The average Bonchev–Trinajstić information content (AvgIpc) is 2.16. The Kier molecular flexibility index (Phi) is 5.26. The molecule has 0 aliphatic carbocycles. The minimum atomic E-state index is -0.180. The molecule has 0 bridgehead atoms. The molecule has 84 valence electrons. The number of hydrogen-bond donors (Lipinski definition) is 1. The first-order chi connectivity index (χ1) is 7.08. The van der Waals surface area contributed by atoms with Crippen molar-refractivity contribution < 1.29 is 4.39 Å². The van der Waals surface area contributed by atoms with Gasteiger partial charge in [-0.2, -0.15) is 0 Å². The zero-order valence-electron chi connectivity index (χ0n) is 9.13. The fraction of sp³-hybridized carbons (Fsp3) is 0.500. The van der Waals surface area contributed by atoms with Crippen LogP contribution in [0.4, 0.5) is 4.39 Å². The van der Waals surface area contributed by atoms with Gasteiger partial charge in [0.15, 0.2) is 0 Å². The molecule has 0 aliphatic heterocycles. The third-order valence-electron chi connectivity index (χ3n) is 2.25. The van der Waals surface area contributed by atoms with E-state index in [0.29, 0.717) is 10.9 Å². The van der Waals surface area contributed by atoms with Crippen molar-refractivity contribution in [1.82, 2.24) is 5.32 Å². The lowest BCUT2D eigenvalue weighted by atomic mass is 10.1. The summed E-state index contributed by atoms with van der Waals surface area (Å²) in [4.78, 5) is 0.521. The fourth-order valence-corrected chi connectivity index (χ4v) is 2.03. The number of alkyl halides is 1. The Morgan fingerprint density at radius 2 is 1.87 bits per heavy atom. The molecule has 1 rings (SSSR count). The molecule has 3 heteroatoms. The molecule has 15 heavy (non-hydrogen) atoms. The van der Waals surface area contributed by atoms with Crippen LogP contribution in [0.15, 0.2) is 24.3 Å². The highest BCUT2D eigenvalue weighted by Gasteiger charge is 2.04. The van der Waals surface area contributed by atoms with Crippen molar-refractivity contribution in [3.63, 3.8) is 0 Å². The summed E-state index contributed by atoms with van der Waals surface area (Å²) in [5, 5.41) is 3.40. The van der Waals surface area contributed by atoms with Gasteiger partial charge in [0, 0.05) is 17.4 Å². The van der Waals surface area contributed by atoms with Crippen LogP contribution in [0.2, 0.25) is 0 Å². The zero-order chi connectivity index (χ0) is 11.3. The van der Waals surface area contributed by atoms with Gasteiger partial charge in [-0.15, -0.1) is 0 Å². The third-order valence-corrected chi connectivity index (χ3v) is 2.62. The van der Waals surface area contributed by atoms with Crippen LogP contribution in [0, 0.1) is 5.82 Å². The summed E-state index contributed by atoms with van der Waals surface area (Å²) < 4.78 is 12.6. The largest absolute Gasteiger partial charge is 0.310 e. The summed E-state index contributed by atoms with van der Waals surface area (Å²) in [7, 11) is 0. The van der Waals surface area contributed by atoms with Crippen LogP contribution in [0.25, 0.3) is 0 Å². The average molecular weight is 274 g/mol.